The molecule has 2 aromatic carbocycles. The molecule has 130 valence electrons. The lowest BCUT2D eigenvalue weighted by atomic mass is 9.95. The molecule has 1 aliphatic rings. The number of phenolic OH excluding ortho intramolecular Hbond substituents is 1. The lowest BCUT2D eigenvalue weighted by molar-refractivity contribution is -0.142. The number of aromatic hydroxyl groups is 1. The highest BCUT2D eigenvalue weighted by Crippen LogP contribution is 2.17. The molecule has 4 N–H and O–H groups in total. The van der Waals surface area contributed by atoms with Crippen LogP contribution in [0.2, 0.25) is 0 Å². The van der Waals surface area contributed by atoms with Crippen LogP contribution in [0.5, 0.6) is 5.75 Å². The Hall–Kier alpha value is -2.86. The molecule has 0 unspecified atom stereocenters. The molecule has 0 spiro atoms. The van der Waals surface area contributed by atoms with Gasteiger partial charge in [-0.2, -0.15) is 0 Å². The fraction of sp³-hybridized carbons (Fsp3) is 0.263. The summed E-state index contributed by atoms with van der Waals surface area (Å²) in [6.45, 7) is 0.587. The SMILES string of the molecule is O=C(O)[C@H](Cc1ccc(O)cc1)NC(=O)[C@@H]1Cc2ccccc2CN1. The number of fused-ring (bicyclic) bond motifs is 1. The number of carbonyl (C=O) groups is 2. The van der Waals surface area contributed by atoms with Gasteiger partial charge in [-0.3, -0.25) is 4.79 Å². The van der Waals surface area contributed by atoms with Crippen LogP contribution < -0.4 is 10.6 Å². The summed E-state index contributed by atoms with van der Waals surface area (Å²) in [5, 5.41) is 24.5. The lowest BCUT2D eigenvalue weighted by Crippen LogP contribution is -2.52. The van der Waals surface area contributed by atoms with Crippen molar-refractivity contribution in [2.24, 2.45) is 0 Å². The molecular formula is C19H20N2O4. The summed E-state index contributed by atoms with van der Waals surface area (Å²) < 4.78 is 0. The van der Waals surface area contributed by atoms with E-state index in [4.69, 9.17) is 0 Å². The van der Waals surface area contributed by atoms with E-state index in [1.807, 2.05) is 24.3 Å². The minimum atomic E-state index is -1.09. The summed E-state index contributed by atoms with van der Waals surface area (Å²) in [7, 11) is 0. The Labute approximate surface area is 145 Å². The highest BCUT2D eigenvalue weighted by atomic mass is 16.4. The third kappa shape index (κ3) is 4.16. The van der Waals surface area contributed by atoms with Gasteiger partial charge in [-0.05, 0) is 35.2 Å². The van der Waals surface area contributed by atoms with Crippen LogP contribution in [0.1, 0.15) is 16.7 Å². The second-order valence-electron chi connectivity index (χ2n) is 6.18. The van der Waals surface area contributed by atoms with Gasteiger partial charge in [-0.25, -0.2) is 4.79 Å². The second kappa shape index (κ2) is 7.36. The van der Waals surface area contributed by atoms with E-state index in [1.165, 1.54) is 12.1 Å². The van der Waals surface area contributed by atoms with Crippen LogP contribution in [0.25, 0.3) is 0 Å². The van der Waals surface area contributed by atoms with Crippen LogP contribution >= 0.6 is 0 Å². The largest absolute Gasteiger partial charge is 0.508 e. The van der Waals surface area contributed by atoms with Crippen LogP contribution in [0.15, 0.2) is 48.5 Å². The van der Waals surface area contributed by atoms with Crippen molar-refractivity contribution in [3.05, 3.63) is 65.2 Å². The number of benzene rings is 2. The van der Waals surface area contributed by atoms with Crippen LogP contribution in [0.3, 0.4) is 0 Å². The minimum absolute atomic E-state index is 0.115. The molecule has 0 radical (unpaired) electrons. The van der Waals surface area contributed by atoms with E-state index in [0.717, 1.165) is 16.7 Å². The molecule has 6 heteroatoms. The Kier molecular flexibility index (Phi) is 5.00. The van der Waals surface area contributed by atoms with Crippen molar-refractivity contribution in [2.45, 2.75) is 31.5 Å². The topological polar surface area (TPSA) is 98.7 Å². The molecule has 0 saturated heterocycles. The number of hydrogen-bond acceptors (Lipinski definition) is 4. The van der Waals surface area contributed by atoms with Crippen LogP contribution in [-0.2, 0) is 29.0 Å². The Morgan fingerprint density at radius 1 is 1.12 bits per heavy atom. The van der Waals surface area contributed by atoms with Crippen molar-refractivity contribution in [2.75, 3.05) is 0 Å². The molecule has 0 aromatic heterocycles. The van der Waals surface area contributed by atoms with Gasteiger partial charge in [0.25, 0.3) is 0 Å². The van der Waals surface area contributed by atoms with Crippen molar-refractivity contribution >= 4 is 11.9 Å². The highest BCUT2D eigenvalue weighted by molar-refractivity contribution is 5.87. The zero-order valence-electron chi connectivity index (χ0n) is 13.6. The first-order valence-electron chi connectivity index (χ1n) is 8.14. The van der Waals surface area contributed by atoms with Crippen LogP contribution in [0, 0.1) is 0 Å². The summed E-state index contributed by atoms with van der Waals surface area (Å²) in [4.78, 5) is 24.0. The number of carboxylic acid groups (broad SMARTS) is 1. The Bertz CT molecular complexity index is 773. The zero-order valence-corrected chi connectivity index (χ0v) is 13.6. The van der Waals surface area contributed by atoms with E-state index in [1.54, 1.807) is 12.1 Å². The van der Waals surface area contributed by atoms with E-state index in [9.17, 15) is 19.8 Å². The number of carboxylic acids is 1. The maximum atomic E-state index is 12.5. The summed E-state index contributed by atoms with van der Waals surface area (Å²) in [5.74, 6) is -1.29. The first-order valence-corrected chi connectivity index (χ1v) is 8.14. The summed E-state index contributed by atoms with van der Waals surface area (Å²) in [6, 6.07) is 12.7. The molecule has 2 atom stereocenters. The monoisotopic (exact) mass is 340 g/mol. The predicted molar refractivity (Wildman–Crippen MR) is 92.2 cm³/mol. The molecule has 0 saturated carbocycles. The molecule has 2 aromatic rings. The maximum absolute atomic E-state index is 12.5. The van der Waals surface area contributed by atoms with Crippen molar-refractivity contribution in [3.63, 3.8) is 0 Å². The Morgan fingerprint density at radius 2 is 1.80 bits per heavy atom. The molecule has 25 heavy (non-hydrogen) atoms. The first-order chi connectivity index (χ1) is 12.0. The average Bonchev–Trinajstić information content (AvgIpc) is 2.62. The van der Waals surface area contributed by atoms with Crippen molar-refractivity contribution < 1.29 is 19.8 Å². The first kappa shape index (κ1) is 17.0. The summed E-state index contributed by atoms with van der Waals surface area (Å²) >= 11 is 0. The Balaban J connectivity index is 1.65. The second-order valence-corrected chi connectivity index (χ2v) is 6.18. The van der Waals surface area contributed by atoms with Crippen molar-refractivity contribution in [1.82, 2.24) is 10.6 Å². The van der Waals surface area contributed by atoms with Crippen molar-refractivity contribution in [1.29, 1.82) is 0 Å². The van der Waals surface area contributed by atoms with Crippen LogP contribution in [0.4, 0.5) is 0 Å². The van der Waals surface area contributed by atoms with Gasteiger partial charge in [0.15, 0.2) is 0 Å². The summed E-state index contributed by atoms with van der Waals surface area (Å²) in [6.07, 6.45) is 0.693. The molecular weight excluding hydrogens is 320 g/mol. The molecule has 1 heterocycles. The molecule has 1 aliphatic heterocycles. The van der Waals surface area contributed by atoms with E-state index >= 15 is 0 Å². The zero-order chi connectivity index (χ0) is 17.8. The van der Waals surface area contributed by atoms with E-state index in [-0.39, 0.29) is 18.1 Å². The third-order valence-electron chi connectivity index (χ3n) is 4.39. The van der Waals surface area contributed by atoms with Gasteiger partial charge in [0.2, 0.25) is 5.91 Å². The quantitative estimate of drug-likeness (QED) is 0.656. The number of phenols is 1. The standard InChI is InChI=1S/C19H20N2O4/c22-15-7-5-12(6-8-15)9-17(19(24)25)21-18(23)16-10-13-3-1-2-4-14(13)11-20-16/h1-8,16-17,20,22H,9-11H2,(H,21,23)(H,24,25)/t16-,17-/m0/s1. The number of rotatable bonds is 5. The molecule has 0 aliphatic carbocycles. The number of nitrogens with one attached hydrogen (secondary N) is 2. The third-order valence-corrected chi connectivity index (χ3v) is 4.39. The van der Waals surface area contributed by atoms with E-state index < -0.39 is 18.1 Å². The van der Waals surface area contributed by atoms with Gasteiger partial charge in [0.05, 0.1) is 6.04 Å². The normalized spacial score (nSPS) is 17.4. The minimum Gasteiger partial charge on any atom is -0.508 e. The predicted octanol–water partition coefficient (Wildman–Crippen LogP) is 1.22. The van der Waals surface area contributed by atoms with Crippen molar-refractivity contribution in [3.8, 4) is 5.75 Å². The number of amides is 1. The smallest absolute Gasteiger partial charge is 0.326 e. The highest BCUT2D eigenvalue weighted by Gasteiger charge is 2.28. The number of hydrogen-bond donors (Lipinski definition) is 4. The number of carbonyl (C=O) groups excluding carboxylic acids is 1. The fourth-order valence-electron chi connectivity index (χ4n) is 2.98. The van der Waals surface area contributed by atoms with E-state index in [2.05, 4.69) is 10.6 Å². The number of aliphatic carboxylic acids is 1. The van der Waals surface area contributed by atoms with Gasteiger partial charge < -0.3 is 20.8 Å². The van der Waals surface area contributed by atoms with Gasteiger partial charge in [-0.15, -0.1) is 0 Å². The van der Waals surface area contributed by atoms with Gasteiger partial charge in [-0.1, -0.05) is 36.4 Å². The molecule has 6 nitrogen and oxygen atoms in total. The molecule has 0 fully saturated rings. The maximum Gasteiger partial charge on any atom is 0.326 e. The summed E-state index contributed by atoms with van der Waals surface area (Å²) in [5.41, 5.74) is 2.99. The lowest BCUT2D eigenvalue weighted by Gasteiger charge is -2.26. The molecule has 0 bridgehead atoms. The van der Waals surface area contributed by atoms with E-state index in [0.29, 0.717) is 13.0 Å². The van der Waals surface area contributed by atoms with Crippen LogP contribution in [-0.4, -0.2) is 34.2 Å². The Morgan fingerprint density at radius 3 is 2.48 bits per heavy atom. The van der Waals surface area contributed by atoms with Gasteiger partial charge in [0, 0.05) is 13.0 Å². The van der Waals surface area contributed by atoms with Gasteiger partial charge >= 0.3 is 5.97 Å². The van der Waals surface area contributed by atoms with Gasteiger partial charge in [0.1, 0.15) is 11.8 Å². The fourth-order valence-corrected chi connectivity index (χ4v) is 2.98. The average molecular weight is 340 g/mol. The molecule has 3 rings (SSSR count). The molecule has 1 amide bonds.